The lowest BCUT2D eigenvalue weighted by atomic mass is 9.81. The van der Waals surface area contributed by atoms with Crippen molar-refractivity contribution in [2.75, 3.05) is 18.0 Å². The lowest BCUT2D eigenvalue weighted by Gasteiger charge is -2.41. The number of nitrogens with zero attached hydrogens (tertiary/aromatic N) is 2. The molecule has 0 spiro atoms. The lowest BCUT2D eigenvalue weighted by molar-refractivity contribution is -0.160. The first-order valence-electron chi connectivity index (χ1n) is 14.5. The zero-order valence-corrected chi connectivity index (χ0v) is 25.9. The van der Waals surface area contributed by atoms with Gasteiger partial charge in [-0.05, 0) is 82.2 Å². The highest BCUT2D eigenvalue weighted by atomic mass is 19.4. The van der Waals surface area contributed by atoms with Crippen LogP contribution in [0, 0.1) is 19.3 Å². The molecule has 2 aromatic carbocycles. The van der Waals surface area contributed by atoms with E-state index in [4.69, 9.17) is 14.5 Å². The van der Waals surface area contributed by atoms with Crippen LogP contribution in [0.15, 0.2) is 48.5 Å². The molecule has 1 aliphatic heterocycles. The van der Waals surface area contributed by atoms with Crippen LogP contribution in [0.1, 0.15) is 81.6 Å². The summed E-state index contributed by atoms with van der Waals surface area (Å²) >= 11 is 0. The van der Waals surface area contributed by atoms with E-state index in [0.717, 1.165) is 66.1 Å². The molecule has 2 heterocycles. The van der Waals surface area contributed by atoms with Crippen molar-refractivity contribution in [3.63, 3.8) is 0 Å². The molecule has 3 aromatic rings. The molecule has 0 saturated carbocycles. The van der Waals surface area contributed by atoms with Crippen molar-refractivity contribution in [1.82, 2.24) is 4.98 Å². The van der Waals surface area contributed by atoms with Crippen LogP contribution < -0.4 is 9.64 Å². The fraction of sp³-hybridized carbons (Fsp3) is 0.471. The number of carboxylic acid groups (broad SMARTS) is 1. The molecule has 9 heteroatoms. The van der Waals surface area contributed by atoms with Crippen molar-refractivity contribution in [1.29, 1.82) is 0 Å². The molecule has 232 valence electrons. The Hall–Kier alpha value is -3.59. The standard InChI is InChI=1S/C34H41F3N2O4/c1-21-27(24-13-11-23(12-14-24)20-42-26-10-8-9-25(19-26)34(35,36)37)29(39-17-15-33(6,7)16-18-39)28(22(2)38-21)30(31(40)41)43-32(3,4)5/h8-14,19,30H,15-18,20H2,1-7H3,(H,40,41)/t30-/m0/s1. The highest BCUT2D eigenvalue weighted by molar-refractivity contribution is 5.88. The van der Waals surface area contributed by atoms with Crippen LogP contribution in [-0.4, -0.2) is 34.8 Å². The van der Waals surface area contributed by atoms with Gasteiger partial charge >= 0.3 is 12.1 Å². The van der Waals surface area contributed by atoms with E-state index in [0.29, 0.717) is 11.3 Å². The highest BCUT2D eigenvalue weighted by Gasteiger charge is 2.36. The molecule has 0 amide bonds. The lowest BCUT2D eigenvalue weighted by Crippen LogP contribution is -2.39. The summed E-state index contributed by atoms with van der Waals surface area (Å²) in [5.41, 5.74) is 3.96. The van der Waals surface area contributed by atoms with Crippen molar-refractivity contribution in [2.45, 2.75) is 85.8 Å². The largest absolute Gasteiger partial charge is 0.489 e. The van der Waals surface area contributed by atoms with Crippen molar-refractivity contribution >= 4 is 11.7 Å². The smallest absolute Gasteiger partial charge is 0.416 e. The second-order valence-corrected chi connectivity index (χ2v) is 13.0. The molecule has 1 aromatic heterocycles. The van der Waals surface area contributed by atoms with Gasteiger partial charge in [0.2, 0.25) is 0 Å². The van der Waals surface area contributed by atoms with Crippen LogP contribution in [0.3, 0.4) is 0 Å². The average molecular weight is 599 g/mol. The molecule has 6 nitrogen and oxygen atoms in total. The number of hydrogen-bond acceptors (Lipinski definition) is 5. The third-order valence-electron chi connectivity index (χ3n) is 7.78. The number of aromatic nitrogens is 1. The van der Waals surface area contributed by atoms with E-state index in [1.165, 1.54) is 12.1 Å². The number of benzene rings is 2. The molecule has 0 unspecified atom stereocenters. The molecule has 0 aliphatic carbocycles. The van der Waals surface area contributed by atoms with Crippen molar-refractivity contribution in [3.05, 3.63) is 76.6 Å². The Morgan fingerprint density at radius 1 is 1.02 bits per heavy atom. The van der Waals surface area contributed by atoms with E-state index >= 15 is 0 Å². The average Bonchev–Trinajstić information content (AvgIpc) is 2.90. The fourth-order valence-corrected chi connectivity index (χ4v) is 5.45. The van der Waals surface area contributed by atoms with Gasteiger partial charge in [-0.3, -0.25) is 4.98 Å². The molecule has 1 fully saturated rings. The van der Waals surface area contributed by atoms with Crippen LogP contribution >= 0.6 is 0 Å². The monoisotopic (exact) mass is 598 g/mol. The van der Waals surface area contributed by atoms with E-state index in [-0.39, 0.29) is 17.8 Å². The van der Waals surface area contributed by atoms with Gasteiger partial charge in [-0.15, -0.1) is 0 Å². The summed E-state index contributed by atoms with van der Waals surface area (Å²) < 4.78 is 51.1. The number of piperidine rings is 1. The van der Waals surface area contributed by atoms with E-state index in [9.17, 15) is 23.1 Å². The Labute approximate surface area is 251 Å². The first-order valence-corrected chi connectivity index (χ1v) is 14.5. The minimum atomic E-state index is -4.45. The number of anilines is 1. The first kappa shape index (κ1) is 32.3. The summed E-state index contributed by atoms with van der Waals surface area (Å²) in [5, 5.41) is 10.4. The second kappa shape index (κ2) is 12.2. The van der Waals surface area contributed by atoms with Crippen LogP contribution in [0.4, 0.5) is 18.9 Å². The molecule has 4 rings (SSSR count). The minimum absolute atomic E-state index is 0.0898. The minimum Gasteiger partial charge on any atom is -0.489 e. The maximum atomic E-state index is 13.1. The fourth-order valence-electron chi connectivity index (χ4n) is 5.45. The van der Waals surface area contributed by atoms with Crippen LogP contribution in [0.25, 0.3) is 11.1 Å². The number of alkyl halides is 3. The van der Waals surface area contributed by atoms with Crippen LogP contribution in [-0.2, 0) is 22.3 Å². The Bertz CT molecular complexity index is 1450. The predicted octanol–water partition coefficient (Wildman–Crippen LogP) is 8.53. The molecule has 43 heavy (non-hydrogen) atoms. The molecule has 1 aliphatic rings. The molecule has 0 bridgehead atoms. The highest BCUT2D eigenvalue weighted by Crippen LogP contribution is 2.45. The zero-order valence-electron chi connectivity index (χ0n) is 25.9. The van der Waals surface area contributed by atoms with E-state index < -0.39 is 29.4 Å². The molecule has 1 atom stereocenters. The molecule has 1 saturated heterocycles. The van der Waals surface area contributed by atoms with Gasteiger partial charge in [0.05, 0.1) is 16.9 Å². The van der Waals surface area contributed by atoms with E-state index in [2.05, 4.69) is 18.7 Å². The van der Waals surface area contributed by atoms with E-state index in [1.54, 1.807) is 0 Å². The number of carboxylic acids is 1. The number of aliphatic carboxylic acids is 1. The van der Waals surface area contributed by atoms with Crippen LogP contribution in [0.2, 0.25) is 0 Å². The van der Waals surface area contributed by atoms with Gasteiger partial charge in [-0.25, -0.2) is 4.79 Å². The number of ether oxygens (including phenoxy) is 2. The number of carbonyl (C=O) groups is 1. The Morgan fingerprint density at radius 3 is 2.21 bits per heavy atom. The summed E-state index contributed by atoms with van der Waals surface area (Å²) in [4.78, 5) is 19.7. The van der Waals surface area contributed by atoms with Gasteiger partial charge in [0.1, 0.15) is 12.4 Å². The van der Waals surface area contributed by atoms with Gasteiger partial charge in [0.25, 0.3) is 0 Å². The van der Waals surface area contributed by atoms with Crippen LogP contribution in [0.5, 0.6) is 5.75 Å². The first-order chi connectivity index (χ1) is 19.9. The Balaban J connectivity index is 1.74. The second-order valence-electron chi connectivity index (χ2n) is 13.0. The summed E-state index contributed by atoms with van der Waals surface area (Å²) in [7, 11) is 0. The molecule has 1 N–H and O–H groups in total. The van der Waals surface area contributed by atoms with E-state index in [1.807, 2.05) is 58.9 Å². The maximum absolute atomic E-state index is 13.1. The topological polar surface area (TPSA) is 71.9 Å². The summed E-state index contributed by atoms with van der Waals surface area (Å²) in [6, 6.07) is 12.4. The van der Waals surface area contributed by atoms with Gasteiger partial charge in [-0.1, -0.05) is 44.2 Å². The van der Waals surface area contributed by atoms with Gasteiger partial charge in [0, 0.05) is 35.6 Å². The zero-order chi connectivity index (χ0) is 31.7. The van der Waals surface area contributed by atoms with Crippen molar-refractivity contribution in [2.24, 2.45) is 5.41 Å². The number of halogens is 3. The normalized spacial score (nSPS) is 16.2. The summed E-state index contributed by atoms with van der Waals surface area (Å²) in [6.07, 6.45) is -3.75. The summed E-state index contributed by atoms with van der Waals surface area (Å²) in [5.74, 6) is -0.939. The Kier molecular flexibility index (Phi) is 9.16. The van der Waals surface area contributed by atoms with Gasteiger partial charge in [-0.2, -0.15) is 13.2 Å². The molecular weight excluding hydrogens is 557 g/mol. The number of aryl methyl sites for hydroxylation is 2. The number of hydrogen-bond donors (Lipinski definition) is 1. The van der Waals surface area contributed by atoms with Crippen molar-refractivity contribution < 1.29 is 32.5 Å². The Morgan fingerprint density at radius 2 is 1.65 bits per heavy atom. The van der Waals surface area contributed by atoms with Crippen molar-refractivity contribution in [3.8, 4) is 16.9 Å². The molecular formula is C34H41F3N2O4. The molecule has 0 radical (unpaired) electrons. The number of rotatable bonds is 8. The third kappa shape index (κ3) is 7.88. The number of pyridine rings is 1. The predicted molar refractivity (Wildman–Crippen MR) is 161 cm³/mol. The summed E-state index contributed by atoms with van der Waals surface area (Å²) in [6.45, 7) is 15.4. The van der Waals surface area contributed by atoms with Gasteiger partial charge in [0.15, 0.2) is 6.10 Å². The van der Waals surface area contributed by atoms with Gasteiger partial charge < -0.3 is 19.5 Å². The quantitative estimate of drug-likeness (QED) is 0.280. The SMILES string of the molecule is Cc1nc(C)c([C@H](OC(C)(C)C)C(=O)O)c(N2CCC(C)(C)CC2)c1-c1ccc(COc2cccc(C(F)(F)F)c2)cc1. The maximum Gasteiger partial charge on any atom is 0.416 e. The third-order valence-corrected chi connectivity index (χ3v) is 7.78.